The van der Waals surface area contributed by atoms with E-state index in [1.807, 2.05) is 0 Å². The quantitative estimate of drug-likeness (QED) is 0.433. The molecule has 4 saturated heterocycles. The van der Waals surface area contributed by atoms with Crippen molar-refractivity contribution in [3.05, 3.63) is 60.7 Å². The Kier molecular flexibility index (Phi) is 6.76. The molecule has 4 aliphatic rings. The van der Waals surface area contributed by atoms with Gasteiger partial charge in [0.15, 0.2) is 0 Å². The number of hydrogen-bond acceptors (Lipinski definition) is 0. The molecule has 29 heavy (non-hydrogen) atoms. The Hall–Kier alpha value is -0.0273. The third kappa shape index (κ3) is 4.08. The number of rotatable bonds is 2. The molecule has 0 saturated carbocycles. The molecule has 0 bridgehead atoms. The summed E-state index contributed by atoms with van der Waals surface area (Å²) in [6.07, 6.45) is 6.35. The van der Waals surface area contributed by atoms with Crippen molar-refractivity contribution < 1.29 is 0 Å². The van der Waals surface area contributed by atoms with Crippen molar-refractivity contribution in [1.82, 2.24) is 0 Å². The van der Waals surface area contributed by atoms with E-state index in [9.17, 15) is 0 Å². The first kappa shape index (κ1) is 22.2. The zero-order valence-corrected chi connectivity index (χ0v) is 21.2. The van der Waals surface area contributed by atoms with Crippen molar-refractivity contribution in [1.29, 1.82) is 0 Å². The molecule has 0 aliphatic carbocycles. The van der Waals surface area contributed by atoms with Crippen LogP contribution in [0.1, 0.15) is 0 Å². The van der Waals surface area contributed by atoms with Gasteiger partial charge in [-0.25, -0.2) is 0 Å². The molecule has 0 nitrogen and oxygen atoms in total. The Bertz CT molecular complexity index is 717. The summed E-state index contributed by atoms with van der Waals surface area (Å²) in [5.41, 5.74) is 0. The van der Waals surface area contributed by atoms with Gasteiger partial charge in [0.05, 0.1) is 0 Å². The molecule has 6 radical (unpaired) electrons. The maximum atomic E-state index is 2.41. The molecule has 2 aromatic rings. The standard InChI is InChI=1S/C24H30GeP2.2B/c1-3-7-23(8-4-1)26-15-19-11-25(12-20(19)16-26)13-21-17-27(18-22(21)14-25)24-9-5-2-6-10-24;;/h1-10,19-22H,11-18H2;;/t19-,20-,21-,22-,25?,26?,27?;;/m0../s1. The predicted octanol–water partition coefficient (Wildman–Crippen LogP) is 4.81. The SMILES string of the molecule is [B].[B].c1ccc(P2C[C@@H]3[CH2][Ge]4([CH2][C@H]3C2)[CH2][C@H]2CP(c3ccccc3)C[C@@H]2[CH2]4)cc1. The molecule has 4 atom stereocenters. The minimum absolute atomic E-state index is 0. The molecule has 6 rings (SSSR count). The first-order valence-electron chi connectivity index (χ1n) is 10.9. The first-order chi connectivity index (χ1) is 13.3. The van der Waals surface area contributed by atoms with E-state index in [4.69, 9.17) is 0 Å². The van der Waals surface area contributed by atoms with Gasteiger partial charge in [0.1, 0.15) is 0 Å². The van der Waals surface area contributed by atoms with Gasteiger partial charge in [-0.15, -0.1) is 0 Å². The van der Waals surface area contributed by atoms with Gasteiger partial charge in [-0.2, -0.15) is 0 Å². The molecule has 2 aromatic carbocycles. The van der Waals surface area contributed by atoms with Crippen molar-refractivity contribution >= 4 is 56.5 Å². The van der Waals surface area contributed by atoms with E-state index in [2.05, 4.69) is 60.7 Å². The average Bonchev–Trinajstić information content (AvgIpc) is 3.42. The van der Waals surface area contributed by atoms with Gasteiger partial charge in [-0.3, -0.25) is 0 Å². The monoisotopic (exact) mass is 476 g/mol. The van der Waals surface area contributed by atoms with E-state index in [1.54, 1.807) is 56.3 Å². The summed E-state index contributed by atoms with van der Waals surface area (Å²) in [5.74, 6) is 4.58. The zero-order chi connectivity index (χ0) is 17.8. The summed E-state index contributed by atoms with van der Waals surface area (Å²) < 4.78 is 0. The van der Waals surface area contributed by atoms with Crippen LogP contribution >= 0.6 is 15.8 Å². The van der Waals surface area contributed by atoms with Crippen molar-refractivity contribution in [3.8, 4) is 0 Å². The predicted molar refractivity (Wildman–Crippen MR) is 136 cm³/mol. The van der Waals surface area contributed by atoms with Crippen molar-refractivity contribution in [2.24, 2.45) is 23.7 Å². The molecule has 146 valence electrons. The first-order valence-corrected chi connectivity index (χ1v) is 20.2. The van der Waals surface area contributed by atoms with Crippen LogP contribution in [0.2, 0.25) is 21.0 Å². The van der Waals surface area contributed by atoms with Crippen LogP contribution in [-0.2, 0) is 0 Å². The fourth-order valence-corrected chi connectivity index (χ4v) is 31.0. The fourth-order valence-electron chi connectivity index (χ4n) is 7.23. The van der Waals surface area contributed by atoms with Gasteiger partial charge in [0.2, 0.25) is 0 Å². The number of hydrogen-bond donors (Lipinski definition) is 0. The van der Waals surface area contributed by atoms with E-state index < -0.39 is 13.3 Å². The van der Waals surface area contributed by atoms with Gasteiger partial charge >= 0.3 is 170 Å². The molecule has 4 heterocycles. The second-order valence-electron chi connectivity index (χ2n) is 9.84. The van der Waals surface area contributed by atoms with E-state index in [1.165, 1.54) is 0 Å². The summed E-state index contributed by atoms with van der Waals surface area (Å²) >= 11 is -1.48. The van der Waals surface area contributed by atoms with Crippen LogP contribution < -0.4 is 10.6 Å². The third-order valence-electron chi connectivity index (χ3n) is 8.18. The van der Waals surface area contributed by atoms with Crippen LogP contribution in [0.3, 0.4) is 0 Å². The summed E-state index contributed by atoms with van der Waals surface area (Å²) in [6.45, 7) is 0. The van der Waals surface area contributed by atoms with Gasteiger partial charge in [-0.05, 0) is 0 Å². The molecule has 0 N–H and O–H groups in total. The number of fused-ring (bicyclic) bond motifs is 2. The summed E-state index contributed by atoms with van der Waals surface area (Å²) in [4.78, 5) is 0. The van der Waals surface area contributed by atoms with Crippen LogP contribution in [0.15, 0.2) is 60.7 Å². The van der Waals surface area contributed by atoms with Crippen LogP contribution in [0.4, 0.5) is 0 Å². The second-order valence-corrected chi connectivity index (χ2v) is 24.2. The maximum absolute atomic E-state index is 2.41. The van der Waals surface area contributed by atoms with Gasteiger partial charge in [0.25, 0.3) is 0 Å². The van der Waals surface area contributed by atoms with Crippen LogP contribution in [0.5, 0.6) is 0 Å². The van der Waals surface area contributed by atoms with Crippen molar-refractivity contribution in [2.45, 2.75) is 21.0 Å². The average molecular weight is 475 g/mol. The zero-order valence-electron chi connectivity index (χ0n) is 17.3. The molecule has 0 amide bonds. The molecule has 4 aliphatic heterocycles. The molecular formula is C24H30B2GeP2. The summed E-state index contributed by atoms with van der Waals surface area (Å²) in [6, 6.07) is 23.0. The van der Waals surface area contributed by atoms with E-state index in [0.29, 0.717) is 0 Å². The van der Waals surface area contributed by atoms with Crippen molar-refractivity contribution in [2.75, 3.05) is 24.6 Å². The molecule has 0 unspecified atom stereocenters. The Morgan fingerprint density at radius 2 is 0.828 bits per heavy atom. The van der Waals surface area contributed by atoms with Gasteiger partial charge in [-0.1, -0.05) is 0 Å². The molecule has 1 spiro atoms. The van der Waals surface area contributed by atoms with Crippen LogP contribution in [0, 0.1) is 23.7 Å². The van der Waals surface area contributed by atoms with E-state index in [0.717, 1.165) is 23.7 Å². The Balaban J connectivity index is 0.00000102. The van der Waals surface area contributed by atoms with Crippen LogP contribution in [-0.4, -0.2) is 54.7 Å². The van der Waals surface area contributed by atoms with Crippen molar-refractivity contribution in [3.63, 3.8) is 0 Å². The van der Waals surface area contributed by atoms with E-state index in [-0.39, 0.29) is 32.7 Å². The second kappa shape index (κ2) is 8.84. The third-order valence-corrected chi connectivity index (χ3v) is 25.5. The molecular weight excluding hydrogens is 444 g/mol. The Morgan fingerprint density at radius 3 is 1.14 bits per heavy atom. The Morgan fingerprint density at radius 1 is 0.517 bits per heavy atom. The van der Waals surface area contributed by atoms with Crippen LogP contribution in [0.25, 0.3) is 0 Å². The number of benzene rings is 2. The summed E-state index contributed by atoms with van der Waals surface area (Å²) in [7, 11) is 0.359. The Labute approximate surface area is 186 Å². The normalized spacial score (nSPS) is 32.6. The van der Waals surface area contributed by atoms with E-state index >= 15 is 0 Å². The topological polar surface area (TPSA) is 0 Å². The molecule has 5 heteroatoms. The van der Waals surface area contributed by atoms with Gasteiger partial charge < -0.3 is 0 Å². The molecule has 0 aromatic heterocycles. The molecule has 4 fully saturated rings. The minimum atomic E-state index is -1.48. The summed E-state index contributed by atoms with van der Waals surface area (Å²) in [5, 5.41) is 10.5. The fraction of sp³-hybridized carbons (Fsp3) is 0.500. The van der Waals surface area contributed by atoms with Gasteiger partial charge in [0, 0.05) is 16.8 Å².